The van der Waals surface area contributed by atoms with E-state index in [9.17, 15) is 4.79 Å². The van der Waals surface area contributed by atoms with Gasteiger partial charge in [0, 0.05) is 17.3 Å². The summed E-state index contributed by atoms with van der Waals surface area (Å²) in [5.74, 6) is 0.0941. The van der Waals surface area contributed by atoms with Crippen LogP contribution in [0.2, 0.25) is 0 Å². The van der Waals surface area contributed by atoms with E-state index in [4.69, 9.17) is 0 Å². The van der Waals surface area contributed by atoms with Gasteiger partial charge in [-0.25, -0.2) is 0 Å². The van der Waals surface area contributed by atoms with Crippen LogP contribution in [0.25, 0.3) is 0 Å². The summed E-state index contributed by atoms with van der Waals surface area (Å²) in [4.78, 5) is 11.1. The molecule has 0 fully saturated rings. The van der Waals surface area contributed by atoms with Gasteiger partial charge in [-0.3, -0.25) is 4.79 Å². The minimum Gasteiger partial charge on any atom is -0.386 e. The van der Waals surface area contributed by atoms with Crippen molar-refractivity contribution < 1.29 is 4.79 Å². The van der Waals surface area contributed by atoms with Crippen molar-refractivity contribution >= 4 is 5.78 Å². The highest BCUT2D eigenvalue weighted by Gasteiger charge is 2.07. The molecule has 0 aliphatic heterocycles. The van der Waals surface area contributed by atoms with E-state index >= 15 is 0 Å². The molecule has 1 N–H and O–H groups in total. The van der Waals surface area contributed by atoms with Crippen LogP contribution in [0.4, 0.5) is 0 Å². The number of hydrogen-bond donors (Lipinski definition) is 1. The SMILES string of the molecule is C=CC/C(=C\NC(C)(C)C)C(C)=O. The number of ketones is 1. The summed E-state index contributed by atoms with van der Waals surface area (Å²) in [6, 6.07) is 0. The molecule has 0 unspecified atom stereocenters. The first-order valence-corrected chi connectivity index (χ1v) is 4.45. The van der Waals surface area contributed by atoms with E-state index in [1.54, 1.807) is 19.2 Å². The Labute approximate surface area is 80.7 Å². The molecule has 74 valence electrons. The minimum atomic E-state index is 0.00186. The summed E-state index contributed by atoms with van der Waals surface area (Å²) in [5.41, 5.74) is 0.770. The third-order valence-electron chi connectivity index (χ3n) is 1.50. The van der Waals surface area contributed by atoms with Gasteiger partial charge < -0.3 is 5.32 Å². The number of allylic oxidation sites excluding steroid dienone is 2. The first kappa shape index (κ1) is 11.9. The fraction of sp³-hybridized carbons (Fsp3) is 0.545. The Balaban J connectivity index is 4.37. The van der Waals surface area contributed by atoms with Crippen molar-refractivity contribution in [2.24, 2.45) is 0 Å². The highest BCUT2D eigenvalue weighted by Crippen LogP contribution is 2.05. The standard InChI is InChI=1S/C11H19NO/c1-6-7-10(9(2)13)8-12-11(3,4)5/h6,8,12H,1,7H2,2-5H3/b10-8+. The highest BCUT2D eigenvalue weighted by atomic mass is 16.1. The lowest BCUT2D eigenvalue weighted by Gasteiger charge is -2.19. The van der Waals surface area contributed by atoms with Gasteiger partial charge in [-0.1, -0.05) is 6.08 Å². The highest BCUT2D eigenvalue weighted by molar-refractivity contribution is 5.93. The van der Waals surface area contributed by atoms with Crippen molar-refractivity contribution in [3.05, 3.63) is 24.4 Å². The average Bonchev–Trinajstić information content (AvgIpc) is 1.95. The predicted octanol–water partition coefficient (Wildman–Crippen LogP) is 2.42. The van der Waals surface area contributed by atoms with Gasteiger partial charge in [0.1, 0.15) is 0 Å². The van der Waals surface area contributed by atoms with E-state index in [0.29, 0.717) is 6.42 Å². The number of hydrogen-bond acceptors (Lipinski definition) is 2. The van der Waals surface area contributed by atoms with Gasteiger partial charge in [-0.05, 0) is 34.1 Å². The maximum absolute atomic E-state index is 11.1. The van der Waals surface area contributed by atoms with E-state index in [-0.39, 0.29) is 11.3 Å². The van der Waals surface area contributed by atoms with Crippen molar-refractivity contribution in [2.75, 3.05) is 0 Å². The maximum Gasteiger partial charge on any atom is 0.157 e. The Kier molecular flexibility index (Phi) is 4.46. The van der Waals surface area contributed by atoms with Gasteiger partial charge in [0.2, 0.25) is 0 Å². The summed E-state index contributed by atoms with van der Waals surface area (Å²) >= 11 is 0. The molecule has 0 atom stereocenters. The second-order valence-electron chi connectivity index (χ2n) is 4.11. The molecule has 13 heavy (non-hydrogen) atoms. The van der Waals surface area contributed by atoms with Crippen LogP contribution in [-0.4, -0.2) is 11.3 Å². The lowest BCUT2D eigenvalue weighted by atomic mass is 10.1. The van der Waals surface area contributed by atoms with Crippen LogP contribution in [0.15, 0.2) is 24.4 Å². The molecule has 0 aromatic rings. The monoisotopic (exact) mass is 181 g/mol. The van der Waals surface area contributed by atoms with E-state index < -0.39 is 0 Å². The minimum absolute atomic E-state index is 0.00186. The molecular formula is C11H19NO. The normalized spacial score (nSPS) is 12.5. The van der Waals surface area contributed by atoms with E-state index in [1.807, 2.05) is 0 Å². The summed E-state index contributed by atoms with van der Waals surface area (Å²) in [6.07, 6.45) is 4.14. The van der Waals surface area contributed by atoms with Crippen molar-refractivity contribution in [3.8, 4) is 0 Å². The van der Waals surface area contributed by atoms with Crippen LogP contribution in [0.1, 0.15) is 34.1 Å². The zero-order valence-electron chi connectivity index (χ0n) is 8.98. The lowest BCUT2D eigenvalue weighted by molar-refractivity contribution is -0.113. The molecule has 0 rings (SSSR count). The van der Waals surface area contributed by atoms with Crippen molar-refractivity contribution in [2.45, 2.75) is 39.7 Å². The third-order valence-corrected chi connectivity index (χ3v) is 1.50. The van der Waals surface area contributed by atoms with Crippen molar-refractivity contribution in [1.29, 1.82) is 0 Å². The molecule has 0 amide bonds. The van der Waals surface area contributed by atoms with Crippen LogP contribution in [0.5, 0.6) is 0 Å². The molecular weight excluding hydrogens is 162 g/mol. The molecule has 0 heterocycles. The number of nitrogens with one attached hydrogen (secondary N) is 1. The Morgan fingerprint density at radius 3 is 2.31 bits per heavy atom. The molecule has 0 aromatic heterocycles. The van der Waals surface area contributed by atoms with Crippen LogP contribution in [-0.2, 0) is 4.79 Å². The fourth-order valence-electron chi connectivity index (χ4n) is 0.763. The van der Waals surface area contributed by atoms with Crippen molar-refractivity contribution in [3.63, 3.8) is 0 Å². The molecule has 0 bridgehead atoms. The van der Waals surface area contributed by atoms with Crippen LogP contribution >= 0.6 is 0 Å². The number of Topliss-reactive ketones (excluding diaryl/α,β-unsaturated/α-hetero) is 1. The second-order valence-corrected chi connectivity index (χ2v) is 4.11. The molecule has 0 aromatic carbocycles. The van der Waals surface area contributed by atoms with Gasteiger partial charge in [-0.15, -0.1) is 6.58 Å². The van der Waals surface area contributed by atoms with E-state index in [0.717, 1.165) is 5.57 Å². The molecule has 0 aliphatic carbocycles. The quantitative estimate of drug-likeness (QED) is 0.533. The topological polar surface area (TPSA) is 29.1 Å². The Morgan fingerprint density at radius 1 is 1.46 bits per heavy atom. The number of carbonyl (C=O) groups excluding carboxylic acids is 1. The lowest BCUT2D eigenvalue weighted by Crippen LogP contribution is -2.31. The largest absolute Gasteiger partial charge is 0.386 e. The molecule has 0 saturated heterocycles. The van der Waals surface area contributed by atoms with Crippen LogP contribution in [0, 0.1) is 0 Å². The van der Waals surface area contributed by atoms with Gasteiger partial charge in [0.05, 0.1) is 0 Å². The fourth-order valence-corrected chi connectivity index (χ4v) is 0.763. The van der Waals surface area contributed by atoms with E-state index in [1.165, 1.54) is 0 Å². The Bertz CT molecular complexity index is 221. The summed E-state index contributed by atoms with van der Waals surface area (Å²) in [6.45, 7) is 11.3. The summed E-state index contributed by atoms with van der Waals surface area (Å²) in [5, 5.41) is 3.16. The molecule has 0 aliphatic rings. The molecule has 2 nitrogen and oxygen atoms in total. The molecule has 2 heteroatoms. The van der Waals surface area contributed by atoms with Crippen LogP contribution in [0.3, 0.4) is 0 Å². The molecule has 0 radical (unpaired) electrons. The van der Waals surface area contributed by atoms with Gasteiger partial charge in [0.15, 0.2) is 5.78 Å². The maximum atomic E-state index is 11.1. The zero-order valence-corrected chi connectivity index (χ0v) is 8.98. The first-order valence-electron chi connectivity index (χ1n) is 4.45. The first-order chi connectivity index (χ1) is 5.87. The Morgan fingerprint density at radius 2 is 2.00 bits per heavy atom. The predicted molar refractivity (Wildman–Crippen MR) is 56.5 cm³/mol. The smallest absolute Gasteiger partial charge is 0.157 e. The molecule has 0 saturated carbocycles. The zero-order chi connectivity index (χ0) is 10.5. The average molecular weight is 181 g/mol. The summed E-state index contributed by atoms with van der Waals surface area (Å²) < 4.78 is 0. The van der Waals surface area contributed by atoms with E-state index in [2.05, 4.69) is 32.7 Å². The number of carbonyl (C=O) groups is 1. The van der Waals surface area contributed by atoms with Gasteiger partial charge >= 0.3 is 0 Å². The van der Waals surface area contributed by atoms with Gasteiger partial charge in [0.25, 0.3) is 0 Å². The Hall–Kier alpha value is -1.05. The number of rotatable bonds is 4. The third kappa shape index (κ3) is 6.14. The van der Waals surface area contributed by atoms with Crippen molar-refractivity contribution in [1.82, 2.24) is 5.32 Å². The van der Waals surface area contributed by atoms with Crippen LogP contribution < -0.4 is 5.32 Å². The van der Waals surface area contributed by atoms with Gasteiger partial charge in [-0.2, -0.15) is 0 Å². The molecule has 0 spiro atoms. The summed E-state index contributed by atoms with van der Waals surface area (Å²) in [7, 11) is 0. The second kappa shape index (κ2) is 4.85.